The van der Waals surface area contributed by atoms with Gasteiger partial charge in [0.2, 0.25) is 0 Å². The third-order valence-corrected chi connectivity index (χ3v) is 4.21. The maximum absolute atomic E-state index is 10.4. The van der Waals surface area contributed by atoms with Crippen molar-refractivity contribution in [3.8, 4) is 0 Å². The first-order valence-electron chi connectivity index (χ1n) is 7.46. The van der Waals surface area contributed by atoms with Crippen molar-refractivity contribution in [2.24, 2.45) is 0 Å². The van der Waals surface area contributed by atoms with Crippen molar-refractivity contribution in [3.63, 3.8) is 0 Å². The first-order chi connectivity index (χ1) is 10.7. The highest BCUT2D eigenvalue weighted by atomic mass is 35.5. The highest BCUT2D eigenvalue weighted by molar-refractivity contribution is 6.31. The van der Waals surface area contributed by atoms with Crippen LogP contribution in [-0.2, 0) is 11.3 Å². The summed E-state index contributed by atoms with van der Waals surface area (Å²) in [6.07, 6.45) is 3.20. The molecule has 1 aliphatic rings. The number of benzene rings is 1. The normalized spacial score (nSPS) is 20.9. The van der Waals surface area contributed by atoms with Crippen molar-refractivity contribution in [2.75, 3.05) is 26.2 Å². The third kappa shape index (κ3) is 3.87. The summed E-state index contributed by atoms with van der Waals surface area (Å²) in [5.74, 6) is 0. The SMILES string of the molecule is OC(CN1CCOC(Cn2cccn2)C1)c1ccccc1Cl. The first-order valence-corrected chi connectivity index (χ1v) is 7.84. The molecular weight excluding hydrogens is 302 g/mol. The number of halogens is 1. The molecule has 2 atom stereocenters. The lowest BCUT2D eigenvalue weighted by atomic mass is 10.1. The zero-order chi connectivity index (χ0) is 15.4. The van der Waals surface area contributed by atoms with Gasteiger partial charge in [0.1, 0.15) is 0 Å². The molecule has 1 aromatic heterocycles. The van der Waals surface area contributed by atoms with E-state index in [4.69, 9.17) is 16.3 Å². The Balaban J connectivity index is 1.57. The lowest BCUT2D eigenvalue weighted by Crippen LogP contribution is -2.45. The molecule has 6 heteroatoms. The van der Waals surface area contributed by atoms with E-state index in [1.54, 1.807) is 12.3 Å². The van der Waals surface area contributed by atoms with E-state index in [0.29, 0.717) is 18.2 Å². The largest absolute Gasteiger partial charge is 0.387 e. The number of rotatable bonds is 5. The fourth-order valence-electron chi connectivity index (χ4n) is 2.76. The molecule has 1 aliphatic heterocycles. The van der Waals surface area contributed by atoms with E-state index < -0.39 is 6.10 Å². The number of nitrogens with zero attached hydrogens (tertiary/aromatic N) is 3. The summed E-state index contributed by atoms with van der Waals surface area (Å²) in [6, 6.07) is 9.34. The van der Waals surface area contributed by atoms with Gasteiger partial charge in [-0.15, -0.1) is 0 Å². The van der Waals surface area contributed by atoms with Gasteiger partial charge in [-0.25, -0.2) is 0 Å². The molecular formula is C16H20ClN3O2. The fourth-order valence-corrected chi connectivity index (χ4v) is 3.02. The third-order valence-electron chi connectivity index (χ3n) is 3.87. The maximum atomic E-state index is 10.4. The number of hydrogen-bond acceptors (Lipinski definition) is 4. The first kappa shape index (κ1) is 15.5. The van der Waals surface area contributed by atoms with Crippen LogP contribution in [0.5, 0.6) is 0 Å². The van der Waals surface area contributed by atoms with Gasteiger partial charge in [0.15, 0.2) is 0 Å². The molecule has 0 radical (unpaired) electrons. The van der Waals surface area contributed by atoms with Gasteiger partial charge in [-0.2, -0.15) is 5.10 Å². The minimum Gasteiger partial charge on any atom is -0.387 e. The van der Waals surface area contributed by atoms with Crippen molar-refractivity contribution in [1.29, 1.82) is 0 Å². The molecule has 0 saturated carbocycles. The van der Waals surface area contributed by atoms with Gasteiger partial charge in [-0.3, -0.25) is 9.58 Å². The van der Waals surface area contributed by atoms with Crippen LogP contribution in [0.25, 0.3) is 0 Å². The van der Waals surface area contributed by atoms with Gasteiger partial charge in [0.25, 0.3) is 0 Å². The van der Waals surface area contributed by atoms with Gasteiger partial charge < -0.3 is 9.84 Å². The molecule has 2 unspecified atom stereocenters. The lowest BCUT2D eigenvalue weighted by Gasteiger charge is -2.34. The van der Waals surface area contributed by atoms with E-state index in [2.05, 4.69) is 10.00 Å². The zero-order valence-electron chi connectivity index (χ0n) is 12.3. The molecule has 22 heavy (non-hydrogen) atoms. The number of aliphatic hydroxyl groups excluding tert-OH is 1. The molecule has 2 aromatic rings. The lowest BCUT2D eigenvalue weighted by molar-refractivity contribution is -0.0486. The monoisotopic (exact) mass is 321 g/mol. The Kier molecular flexibility index (Phi) is 5.10. The molecule has 0 amide bonds. The molecule has 2 heterocycles. The second kappa shape index (κ2) is 7.24. The molecule has 0 aliphatic carbocycles. The molecule has 0 spiro atoms. The number of morpholine rings is 1. The van der Waals surface area contributed by atoms with Crippen molar-refractivity contribution in [3.05, 3.63) is 53.3 Å². The minimum absolute atomic E-state index is 0.0899. The Morgan fingerprint density at radius 3 is 3.00 bits per heavy atom. The number of aliphatic hydroxyl groups is 1. The van der Waals surface area contributed by atoms with Gasteiger partial charge in [-0.1, -0.05) is 29.8 Å². The molecule has 1 aromatic carbocycles. The number of ether oxygens (including phenoxy) is 1. The quantitative estimate of drug-likeness (QED) is 0.915. The summed E-state index contributed by atoms with van der Waals surface area (Å²) in [5, 5.41) is 15.2. The predicted molar refractivity (Wildman–Crippen MR) is 84.8 cm³/mol. The van der Waals surface area contributed by atoms with Crippen LogP contribution >= 0.6 is 11.6 Å². The smallest absolute Gasteiger partial charge is 0.0931 e. The van der Waals surface area contributed by atoms with Crippen LogP contribution in [0.15, 0.2) is 42.7 Å². The van der Waals surface area contributed by atoms with Crippen molar-refractivity contribution in [2.45, 2.75) is 18.8 Å². The average Bonchev–Trinajstić information content (AvgIpc) is 3.01. The Labute approximate surface area is 135 Å². The summed E-state index contributed by atoms with van der Waals surface area (Å²) >= 11 is 6.15. The summed E-state index contributed by atoms with van der Waals surface area (Å²) < 4.78 is 7.66. The second-order valence-electron chi connectivity index (χ2n) is 5.52. The second-order valence-corrected chi connectivity index (χ2v) is 5.92. The van der Waals surface area contributed by atoms with Crippen LogP contribution in [0.3, 0.4) is 0 Å². The van der Waals surface area contributed by atoms with Crippen LogP contribution in [0.1, 0.15) is 11.7 Å². The molecule has 118 valence electrons. The maximum Gasteiger partial charge on any atom is 0.0931 e. The van der Waals surface area contributed by atoms with Crippen LogP contribution in [-0.4, -0.2) is 52.1 Å². The van der Waals surface area contributed by atoms with E-state index in [1.165, 1.54) is 0 Å². The summed E-state index contributed by atoms with van der Waals surface area (Å²) in [4.78, 5) is 2.21. The number of aromatic nitrogens is 2. The fraction of sp³-hybridized carbons (Fsp3) is 0.438. The molecule has 1 saturated heterocycles. The van der Waals surface area contributed by atoms with Gasteiger partial charge in [-0.05, 0) is 12.1 Å². The molecule has 1 N–H and O–H groups in total. The number of β-amino-alcohol motifs (C(OH)–C–C–N with tert-alkyl or cyclic N) is 1. The van der Waals surface area contributed by atoms with E-state index in [-0.39, 0.29) is 6.10 Å². The van der Waals surface area contributed by atoms with Crippen LogP contribution in [0.2, 0.25) is 5.02 Å². The minimum atomic E-state index is -0.586. The molecule has 0 bridgehead atoms. The van der Waals surface area contributed by atoms with Crippen LogP contribution in [0.4, 0.5) is 0 Å². The Morgan fingerprint density at radius 1 is 1.36 bits per heavy atom. The van der Waals surface area contributed by atoms with Gasteiger partial charge in [0.05, 0.1) is 25.4 Å². The topological polar surface area (TPSA) is 50.5 Å². The molecule has 1 fully saturated rings. The van der Waals surface area contributed by atoms with Crippen molar-refractivity contribution >= 4 is 11.6 Å². The number of hydrogen-bond donors (Lipinski definition) is 1. The predicted octanol–water partition coefficient (Wildman–Crippen LogP) is 1.97. The Hall–Kier alpha value is -1.40. The standard InChI is InChI=1S/C16H20ClN3O2/c17-15-5-2-1-4-14(15)16(21)12-19-8-9-22-13(10-19)11-20-7-3-6-18-20/h1-7,13,16,21H,8-12H2. The zero-order valence-corrected chi connectivity index (χ0v) is 13.1. The van der Waals surface area contributed by atoms with E-state index in [1.807, 2.05) is 35.1 Å². The average molecular weight is 322 g/mol. The summed E-state index contributed by atoms with van der Waals surface area (Å²) in [5.41, 5.74) is 0.777. The van der Waals surface area contributed by atoms with Crippen molar-refractivity contribution in [1.82, 2.24) is 14.7 Å². The highest BCUT2D eigenvalue weighted by Gasteiger charge is 2.23. The Bertz CT molecular complexity index is 591. The molecule has 3 rings (SSSR count). The Morgan fingerprint density at radius 2 is 2.23 bits per heavy atom. The van der Waals surface area contributed by atoms with Crippen molar-refractivity contribution < 1.29 is 9.84 Å². The van der Waals surface area contributed by atoms with E-state index >= 15 is 0 Å². The highest BCUT2D eigenvalue weighted by Crippen LogP contribution is 2.23. The summed E-state index contributed by atoms with van der Waals surface area (Å²) in [7, 11) is 0. The van der Waals surface area contributed by atoms with Crippen LogP contribution < -0.4 is 0 Å². The van der Waals surface area contributed by atoms with Gasteiger partial charge >= 0.3 is 0 Å². The van der Waals surface area contributed by atoms with E-state index in [0.717, 1.165) is 25.2 Å². The van der Waals surface area contributed by atoms with Gasteiger partial charge in [0, 0.05) is 42.6 Å². The van der Waals surface area contributed by atoms with E-state index in [9.17, 15) is 5.11 Å². The van der Waals surface area contributed by atoms with Crippen LogP contribution in [0, 0.1) is 0 Å². The molecule has 5 nitrogen and oxygen atoms in total. The summed E-state index contributed by atoms with van der Waals surface area (Å²) in [6.45, 7) is 3.55.